The van der Waals surface area contributed by atoms with Crippen molar-refractivity contribution in [2.75, 3.05) is 0 Å². The lowest BCUT2D eigenvalue weighted by atomic mass is 10.1. The summed E-state index contributed by atoms with van der Waals surface area (Å²) in [6, 6.07) is 5.48. The molecule has 0 radical (unpaired) electrons. The second-order valence-electron chi connectivity index (χ2n) is 3.40. The highest BCUT2D eigenvalue weighted by Gasteiger charge is 2.03. The van der Waals surface area contributed by atoms with E-state index in [0.29, 0.717) is 0 Å². The highest BCUT2D eigenvalue weighted by molar-refractivity contribution is 7.07. The minimum absolute atomic E-state index is 0.0855. The number of fused-ring (bicyclic) bond motifs is 1. The van der Waals surface area contributed by atoms with E-state index in [4.69, 9.17) is 0 Å². The molecule has 5 nitrogen and oxygen atoms in total. The number of rotatable bonds is 1. The van der Waals surface area contributed by atoms with Crippen LogP contribution >= 0.6 is 11.3 Å². The Bertz CT molecular complexity index is 762. The van der Waals surface area contributed by atoms with Crippen molar-refractivity contribution in [2.24, 2.45) is 0 Å². The van der Waals surface area contributed by atoms with Crippen LogP contribution in [-0.2, 0) is 0 Å². The summed E-state index contributed by atoms with van der Waals surface area (Å²) >= 11 is 1.12. The van der Waals surface area contributed by atoms with E-state index in [1.54, 1.807) is 11.4 Å². The molecule has 1 aromatic carbocycles. The maximum atomic E-state index is 11.1. The number of H-pyrrole nitrogens is 3. The summed E-state index contributed by atoms with van der Waals surface area (Å²) < 4.78 is 0. The molecule has 0 unspecified atom stereocenters. The van der Waals surface area contributed by atoms with Gasteiger partial charge in [0.2, 0.25) is 0 Å². The van der Waals surface area contributed by atoms with Crippen molar-refractivity contribution in [3.63, 3.8) is 0 Å². The molecule has 0 aliphatic heterocycles. The summed E-state index contributed by atoms with van der Waals surface area (Å²) in [5.74, 6) is 0. The summed E-state index contributed by atoms with van der Waals surface area (Å²) in [6.45, 7) is 0. The summed E-state index contributed by atoms with van der Waals surface area (Å²) in [6.07, 6.45) is 0. The molecule has 6 heteroatoms. The van der Waals surface area contributed by atoms with Crippen LogP contribution in [0.2, 0.25) is 0 Å². The van der Waals surface area contributed by atoms with Gasteiger partial charge in [0.25, 0.3) is 0 Å². The predicted octanol–water partition coefficient (Wildman–Crippen LogP) is 1.27. The van der Waals surface area contributed by atoms with Crippen molar-refractivity contribution in [1.82, 2.24) is 15.0 Å². The van der Waals surface area contributed by atoms with Gasteiger partial charge in [-0.1, -0.05) is 17.4 Å². The Balaban J connectivity index is 2.25. The van der Waals surface area contributed by atoms with Gasteiger partial charge in [0.1, 0.15) is 0 Å². The zero-order valence-corrected chi connectivity index (χ0v) is 8.85. The molecule has 3 N–H and O–H groups in total. The quantitative estimate of drug-likeness (QED) is 0.591. The van der Waals surface area contributed by atoms with Gasteiger partial charge in [0.05, 0.1) is 16.7 Å². The average Bonchev–Trinajstić information content (AvgIpc) is 2.81. The van der Waals surface area contributed by atoms with Gasteiger partial charge in [0, 0.05) is 10.9 Å². The smallest absolute Gasteiger partial charge is 0.312 e. The van der Waals surface area contributed by atoms with Crippen molar-refractivity contribution in [3.05, 3.63) is 43.7 Å². The summed E-state index contributed by atoms with van der Waals surface area (Å²) in [4.78, 5) is 30.1. The summed E-state index contributed by atoms with van der Waals surface area (Å²) in [5.41, 5.74) is 2.90. The van der Waals surface area contributed by atoms with Gasteiger partial charge in [-0.05, 0) is 12.1 Å². The fourth-order valence-corrected chi connectivity index (χ4v) is 2.21. The fraction of sp³-hybridized carbons (Fsp3) is 0. The van der Waals surface area contributed by atoms with Gasteiger partial charge in [-0.15, -0.1) is 0 Å². The molecule has 0 saturated heterocycles. The standard InChI is InChI=1S/C10H7N3O2S/c14-9-11-6-2-1-5(3-7(6)12-9)8-4-16-10(15)13-8/h1-4H,(H,13,15)(H2,11,12,14). The molecule has 0 aliphatic rings. The SMILES string of the molecule is O=c1[nH]c2ccc(-c3csc(=O)[nH]3)cc2[nH]1. The Morgan fingerprint density at radius 1 is 1.00 bits per heavy atom. The maximum absolute atomic E-state index is 11.1. The van der Waals surface area contributed by atoms with Crippen LogP contribution in [0.15, 0.2) is 33.2 Å². The number of hydrogen-bond acceptors (Lipinski definition) is 3. The van der Waals surface area contributed by atoms with E-state index < -0.39 is 0 Å². The number of aromatic amines is 3. The van der Waals surface area contributed by atoms with E-state index in [-0.39, 0.29) is 10.6 Å². The lowest BCUT2D eigenvalue weighted by Gasteiger charge is -1.96. The largest absolute Gasteiger partial charge is 0.323 e. The lowest BCUT2D eigenvalue weighted by Crippen LogP contribution is -1.99. The Hall–Kier alpha value is -2.08. The van der Waals surface area contributed by atoms with Crippen LogP contribution in [0.4, 0.5) is 0 Å². The third-order valence-corrected chi connectivity index (χ3v) is 3.02. The summed E-state index contributed by atoms with van der Waals surface area (Å²) in [7, 11) is 0. The van der Waals surface area contributed by atoms with Crippen LogP contribution in [0.5, 0.6) is 0 Å². The molecule has 0 atom stereocenters. The fourth-order valence-electron chi connectivity index (χ4n) is 1.62. The van der Waals surface area contributed by atoms with E-state index >= 15 is 0 Å². The molecule has 0 amide bonds. The number of aromatic nitrogens is 3. The van der Waals surface area contributed by atoms with Gasteiger partial charge in [0.15, 0.2) is 0 Å². The molecule has 80 valence electrons. The number of benzene rings is 1. The molecule has 2 heterocycles. The van der Waals surface area contributed by atoms with Crippen molar-refractivity contribution < 1.29 is 0 Å². The monoisotopic (exact) mass is 233 g/mol. The zero-order chi connectivity index (χ0) is 11.1. The van der Waals surface area contributed by atoms with Crippen molar-refractivity contribution in [3.8, 4) is 11.3 Å². The van der Waals surface area contributed by atoms with Crippen LogP contribution < -0.4 is 10.6 Å². The van der Waals surface area contributed by atoms with Crippen molar-refractivity contribution in [1.29, 1.82) is 0 Å². The first-order valence-corrected chi connectivity index (χ1v) is 5.50. The number of hydrogen-bond donors (Lipinski definition) is 3. The molecule has 16 heavy (non-hydrogen) atoms. The topological polar surface area (TPSA) is 81.5 Å². The van der Waals surface area contributed by atoms with Crippen molar-refractivity contribution >= 4 is 22.4 Å². The molecule has 0 bridgehead atoms. The molecule has 0 aliphatic carbocycles. The molecular formula is C10H7N3O2S. The van der Waals surface area contributed by atoms with Gasteiger partial charge >= 0.3 is 10.6 Å². The first-order valence-electron chi connectivity index (χ1n) is 4.62. The van der Waals surface area contributed by atoms with Crippen LogP contribution in [0.25, 0.3) is 22.3 Å². The first kappa shape index (κ1) is 9.17. The number of thiazole rings is 1. The minimum Gasteiger partial charge on any atom is -0.312 e. The molecule has 0 saturated carbocycles. The molecule has 3 rings (SSSR count). The second kappa shape index (κ2) is 3.21. The summed E-state index contributed by atoms with van der Waals surface area (Å²) in [5, 5.41) is 1.76. The predicted molar refractivity (Wildman–Crippen MR) is 62.9 cm³/mol. The van der Waals surface area contributed by atoms with Crippen LogP contribution in [0.3, 0.4) is 0 Å². The Kier molecular flexibility index (Phi) is 1.84. The highest BCUT2D eigenvalue weighted by atomic mass is 32.1. The van der Waals surface area contributed by atoms with E-state index in [1.807, 2.05) is 12.1 Å². The van der Waals surface area contributed by atoms with Gasteiger partial charge in [-0.2, -0.15) is 0 Å². The Labute approximate surface area is 92.8 Å². The Morgan fingerprint density at radius 3 is 2.56 bits per heavy atom. The molecule has 2 aromatic heterocycles. The lowest BCUT2D eigenvalue weighted by molar-refractivity contribution is 1.21. The molecule has 0 spiro atoms. The number of imidazole rings is 1. The number of nitrogens with one attached hydrogen (secondary N) is 3. The van der Waals surface area contributed by atoms with Crippen LogP contribution in [0, 0.1) is 0 Å². The van der Waals surface area contributed by atoms with Gasteiger partial charge < -0.3 is 15.0 Å². The second-order valence-corrected chi connectivity index (χ2v) is 4.24. The normalized spacial score (nSPS) is 11.0. The van der Waals surface area contributed by atoms with E-state index in [0.717, 1.165) is 33.6 Å². The van der Waals surface area contributed by atoms with E-state index in [9.17, 15) is 9.59 Å². The van der Waals surface area contributed by atoms with E-state index in [1.165, 1.54) is 0 Å². The Morgan fingerprint density at radius 2 is 1.81 bits per heavy atom. The zero-order valence-electron chi connectivity index (χ0n) is 8.03. The first-order chi connectivity index (χ1) is 7.72. The molecule has 0 fully saturated rings. The van der Waals surface area contributed by atoms with Crippen molar-refractivity contribution in [2.45, 2.75) is 0 Å². The van der Waals surface area contributed by atoms with Gasteiger partial charge in [-0.25, -0.2) is 4.79 Å². The average molecular weight is 233 g/mol. The maximum Gasteiger partial charge on any atom is 0.323 e. The third-order valence-electron chi connectivity index (χ3n) is 2.35. The van der Waals surface area contributed by atoms with Gasteiger partial charge in [-0.3, -0.25) is 4.79 Å². The van der Waals surface area contributed by atoms with Crippen LogP contribution in [0.1, 0.15) is 0 Å². The molecule has 3 aromatic rings. The molecular weight excluding hydrogens is 226 g/mol. The third kappa shape index (κ3) is 1.40. The van der Waals surface area contributed by atoms with E-state index in [2.05, 4.69) is 15.0 Å². The van der Waals surface area contributed by atoms with Crippen LogP contribution in [-0.4, -0.2) is 15.0 Å². The minimum atomic E-state index is -0.231. The highest BCUT2D eigenvalue weighted by Crippen LogP contribution is 2.20.